The first kappa shape index (κ1) is 23.7. The summed E-state index contributed by atoms with van der Waals surface area (Å²) in [5.41, 5.74) is 4.21. The van der Waals surface area contributed by atoms with Crippen LogP contribution in [0.15, 0.2) is 78.2 Å². The number of fused-ring (bicyclic) bond motifs is 2. The van der Waals surface area contributed by atoms with E-state index in [2.05, 4.69) is 15.0 Å². The molecule has 4 heterocycles. The SMILES string of the molecule is O=S([O-])c1ccc(-c2cnn3cc(-c4ccc(OCCN5CCCCC5)nc4)cnc23)c2ccccc12. The third-order valence-corrected chi connectivity index (χ3v) is 7.60. The Balaban J connectivity index is 1.23. The third kappa shape index (κ3) is 4.85. The molecule has 2 aromatic carbocycles. The molecular weight excluding hydrogens is 486 g/mol. The maximum absolute atomic E-state index is 11.7. The molecule has 9 heteroatoms. The molecule has 0 bridgehead atoms. The summed E-state index contributed by atoms with van der Waals surface area (Å²) in [6.45, 7) is 3.88. The van der Waals surface area contributed by atoms with E-state index in [0.29, 0.717) is 23.5 Å². The Kier molecular flexibility index (Phi) is 6.65. The first-order chi connectivity index (χ1) is 18.2. The summed E-state index contributed by atoms with van der Waals surface area (Å²) in [4.78, 5) is 11.9. The molecular formula is C28H26N5O3S-. The molecule has 188 valence electrons. The van der Waals surface area contributed by atoms with Crippen LogP contribution in [0.3, 0.4) is 0 Å². The average Bonchev–Trinajstić information content (AvgIpc) is 3.36. The van der Waals surface area contributed by atoms with Gasteiger partial charge in [0.2, 0.25) is 5.88 Å². The van der Waals surface area contributed by atoms with Gasteiger partial charge in [-0.1, -0.05) is 36.8 Å². The Morgan fingerprint density at radius 1 is 0.865 bits per heavy atom. The van der Waals surface area contributed by atoms with E-state index in [1.807, 2.05) is 48.7 Å². The molecule has 1 fully saturated rings. The summed E-state index contributed by atoms with van der Waals surface area (Å²) in [6, 6.07) is 14.8. The number of hydrogen-bond acceptors (Lipinski definition) is 7. The predicted octanol–water partition coefficient (Wildman–Crippen LogP) is 4.71. The monoisotopic (exact) mass is 512 g/mol. The topological polar surface area (TPSA) is 95.7 Å². The molecule has 1 aliphatic heterocycles. The highest BCUT2D eigenvalue weighted by molar-refractivity contribution is 7.79. The van der Waals surface area contributed by atoms with E-state index in [1.165, 1.54) is 19.3 Å². The van der Waals surface area contributed by atoms with Gasteiger partial charge in [-0.3, -0.25) is 9.11 Å². The van der Waals surface area contributed by atoms with Crippen LogP contribution < -0.4 is 4.74 Å². The number of nitrogens with zero attached hydrogens (tertiary/aromatic N) is 5. The van der Waals surface area contributed by atoms with E-state index in [9.17, 15) is 8.76 Å². The summed E-state index contributed by atoms with van der Waals surface area (Å²) in [5.74, 6) is 0.616. The molecule has 0 N–H and O–H groups in total. The zero-order valence-electron chi connectivity index (χ0n) is 20.2. The number of piperidine rings is 1. The highest BCUT2D eigenvalue weighted by Gasteiger charge is 2.14. The number of ether oxygens (including phenoxy) is 1. The number of rotatable bonds is 7. The van der Waals surface area contributed by atoms with Gasteiger partial charge in [-0.05, 0) is 65.5 Å². The lowest BCUT2D eigenvalue weighted by Gasteiger charge is -2.26. The number of benzene rings is 2. The Hall–Kier alpha value is -3.66. The number of hydrogen-bond donors (Lipinski definition) is 0. The minimum absolute atomic E-state index is 0.275. The molecule has 6 rings (SSSR count). The van der Waals surface area contributed by atoms with Crippen LogP contribution in [0.1, 0.15) is 19.3 Å². The van der Waals surface area contributed by atoms with Gasteiger partial charge in [0.1, 0.15) is 6.61 Å². The van der Waals surface area contributed by atoms with Crippen molar-refractivity contribution in [3.63, 3.8) is 0 Å². The van der Waals surface area contributed by atoms with Crippen LogP contribution >= 0.6 is 0 Å². The highest BCUT2D eigenvalue weighted by atomic mass is 32.2. The number of likely N-dealkylation sites (tertiary alicyclic amines) is 1. The lowest BCUT2D eigenvalue weighted by Crippen LogP contribution is -2.33. The van der Waals surface area contributed by atoms with Crippen molar-refractivity contribution in [1.82, 2.24) is 24.5 Å². The van der Waals surface area contributed by atoms with Crippen molar-refractivity contribution >= 4 is 27.5 Å². The summed E-state index contributed by atoms with van der Waals surface area (Å²) < 4.78 is 31.0. The van der Waals surface area contributed by atoms with Gasteiger partial charge in [0.05, 0.1) is 6.20 Å². The zero-order chi connectivity index (χ0) is 25.2. The van der Waals surface area contributed by atoms with Crippen molar-refractivity contribution < 1.29 is 13.5 Å². The van der Waals surface area contributed by atoms with Gasteiger partial charge in [-0.25, -0.2) is 14.5 Å². The molecule has 0 saturated carbocycles. The van der Waals surface area contributed by atoms with Crippen molar-refractivity contribution in [2.24, 2.45) is 0 Å². The first-order valence-corrected chi connectivity index (χ1v) is 13.5. The van der Waals surface area contributed by atoms with Crippen molar-refractivity contribution in [2.45, 2.75) is 24.2 Å². The van der Waals surface area contributed by atoms with Crippen LogP contribution in [0.5, 0.6) is 5.88 Å². The zero-order valence-corrected chi connectivity index (χ0v) is 21.1. The van der Waals surface area contributed by atoms with E-state index in [4.69, 9.17) is 9.72 Å². The number of aromatic nitrogens is 4. The maximum Gasteiger partial charge on any atom is 0.213 e. The molecule has 5 aromatic rings. The minimum atomic E-state index is -2.32. The van der Waals surface area contributed by atoms with E-state index in [1.54, 1.807) is 29.2 Å². The summed E-state index contributed by atoms with van der Waals surface area (Å²) in [6.07, 6.45) is 11.2. The normalized spacial score (nSPS) is 15.3. The smallest absolute Gasteiger partial charge is 0.213 e. The molecule has 0 amide bonds. The maximum atomic E-state index is 11.7. The molecule has 8 nitrogen and oxygen atoms in total. The third-order valence-electron chi connectivity index (χ3n) is 6.89. The molecule has 37 heavy (non-hydrogen) atoms. The standard InChI is InChI=1S/C28H27N5O3S/c34-37(35)26-10-9-23(22-6-2-3-7-24(22)26)25-18-31-33-19-21(17-30-28(25)33)20-8-11-27(29-16-20)36-15-14-32-12-4-1-5-13-32/h2-3,6-11,16-19H,1,4-5,12-15H2,(H,34,35)/p-1. The summed E-state index contributed by atoms with van der Waals surface area (Å²) in [7, 11) is 0. The Labute approximate surface area is 217 Å². The molecule has 1 aliphatic rings. The fourth-order valence-corrected chi connectivity index (χ4v) is 5.50. The lowest BCUT2D eigenvalue weighted by atomic mass is 10.00. The van der Waals surface area contributed by atoms with Crippen LogP contribution in [0.2, 0.25) is 0 Å². The van der Waals surface area contributed by atoms with Crippen LogP contribution in [0.4, 0.5) is 0 Å². The fourth-order valence-electron chi connectivity index (χ4n) is 4.96. The predicted molar refractivity (Wildman–Crippen MR) is 142 cm³/mol. The molecule has 3 aromatic heterocycles. The number of pyridine rings is 1. The van der Waals surface area contributed by atoms with Gasteiger partial charge >= 0.3 is 0 Å². The van der Waals surface area contributed by atoms with Gasteiger partial charge in [0, 0.05) is 52.8 Å². The van der Waals surface area contributed by atoms with E-state index < -0.39 is 11.1 Å². The van der Waals surface area contributed by atoms with Crippen LogP contribution in [0.25, 0.3) is 38.7 Å². The van der Waals surface area contributed by atoms with E-state index in [-0.39, 0.29) is 4.90 Å². The Morgan fingerprint density at radius 2 is 1.68 bits per heavy atom. The molecule has 0 aliphatic carbocycles. The minimum Gasteiger partial charge on any atom is -0.768 e. The van der Waals surface area contributed by atoms with Gasteiger partial charge < -0.3 is 9.29 Å². The van der Waals surface area contributed by atoms with Gasteiger partial charge in [-0.2, -0.15) is 5.10 Å². The molecule has 1 atom stereocenters. The largest absolute Gasteiger partial charge is 0.768 e. The average molecular weight is 513 g/mol. The van der Waals surface area contributed by atoms with Crippen LogP contribution in [0, 0.1) is 0 Å². The molecule has 1 unspecified atom stereocenters. The second-order valence-electron chi connectivity index (χ2n) is 9.20. The Bertz CT molecular complexity index is 1580. The Morgan fingerprint density at radius 3 is 2.46 bits per heavy atom. The highest BCUT2D eigenvalue weighted by Crippen LogP contribution is 2.34. The molecule has 0 spiro atoms. The van der Waals surface area contributed by atoms with Gasteiger partial charge in [-0.15, -0.1) is 0 Å². The quantitative estimate of drug-likeness (QED) is 0.291. The van der Waals surface area contributed by atoms with Crippen molar-refractivity contribution in [3.8, 4) is 28.1 Å². The molecule has 0 radical (unpaired) electrons. The van der Waals surface area contributed by atoms with Gasteiger partial charge in [0.25, 0.3) is 0 Å². The van der Waals surface area contributed by atoms with E-state index in [0.717, 1.165) is 47.3 Å². The van der Waals surface area contributed by atoms with Crippen molar-refractivity contribution in [2.75, 3.05) is 26.2 Å². The van der Waals surface area contributed by atoms with E-state index >= 15 is 0 Å². The van der Waals surface area contributed by atoms with Crippen LogP contribution in [-0.4, -0.2) is 59.5 Å². The summed E-state index contributed by atoms with van der Waals surface area (Å²) >= 11 is -2.32. The fraction of sp³-hybridized carbons (Fsp3) is 0.250. The summed E-state index contributed by atoms with van der Waals surface area (Å²) in [5, 5.41) is 6.04. The lowest BCUT2D eigenvalue weighted by molar-refractivity contribution is 0.180. The molecule has 1 saturated heterocycles. The van der Waals surface area contributed by atoms with Crippen molar-refractivity contribution in [3.05, 3.63) is 73.3 Å². The van der Waals surface area contributed by atoms with Gasteiger partial charge in [0.15, 0.2) is 5.65 Å². The second kappa shape index (κ2) is 10.4. The first-order valence-electron chi connectivity index (χ1n) is 12.4. The van der Waals surface area contributed by atoms with Crippen LogP contribution in [-0.2, 0) is 11.1 Å². The second-order valence-corrected chi connectivity index (χ2v) is 10.1. The van der Waals surface area contributed by atoms with Crippen molar-refractivity contribution in [1.29, 1.82) is 0 Å².